The van der Waals surface area contributed by atoms with Gasteiger partial charge in [0.15, 0.2) is 0 Å². The Balaban J connectivity index is 1.61. The Morgan fingerprint density at radius 3 is 2.31 bits per heavy atom. The van der Waals surface area contributed by atoms with Gasteiger partial charge >= 0.3 is 5.97 Å². The van der Waals surface area contributed by atoms with E-state index in [1.807, 2.05) is 0 Å². The van der Waals surface area contributed by atoms with Crippen molar-refractivity contribution < 1.29 is 9.90 Å². The number of nitrogens with zero attached hydrogens (tertiary/aromatic N) is 1. The van der Waals surface area contributed by atoms with Crippen molar-refractivity contribution in [1.29, 1.82) is 0 Å². The number of carboxylic acids is 1. The van der Waals surface area contributed by atoms with Crippen LogP contribution in [0.25, 0.3) is 38.6 Å². The molecule has 1 heterocycles. The van der Waals surface area contributed by atoms with E-state index in [0.717, 1.165) is 12.1 Å². The van der Waals surface area contributed by atoms with Crippen LogP contribution in [-0.4, -0.2) is 15.6 Å². The number of benzene rings is 4. The Labute approximate surface area is 231 Å². The van der Waals surface area contributed by atoms with Crippen LogP contribution in [0.2, 0.25) is 0 Å². The maximum atomic E-state index is 11.3. The van der Waals surface area contributed by atoms with E-state index in [1.54, 1.807) is 0 Å². The van der Waals surface area contributed by atoms with Gasteiger partial charge in [-0.05, 0) is 93.8 Å². The largest absolute Gasteiger partial charge is 0.481 e. The summed E-state index contributed by atoms with van der Waals surface area (Å²) < 4.78 is 2.40. The molecule has 0 bridgehead atoms. The Morgan fingerprint density at radius 1 is 0.795 bits per heavy atom. The number of hydrogen-bond acceptors (Lipinski definition) is 1. The predicted molar refractivity (Wildman–Crippen MR) is 162 cm³/mol. The van der Waals surface area contributed by atoms with Gasteiger partial charge in [-0.2, -0.15) is 0 Å². The summed E-state index contributed by atoms with van der Waals surface area (Å²) in [5, 5.41) is 13.0. The lowest BCUT2D eigenvalue weighted by atomic mass is 9.63. The third-order valence-corrected chi connectivity index (χ3v) is 8.93. The zero-order chi connectivity index (χ0) is 27.4. The summed E-state index contributed by atoms with van der Waals surface area (Å²) in [5.74, 6) is -0.745. The van der Waals surface area contributed by atoms with Crippen molar-refractivity contribution in [2.45, 2.75) is 70.6 Å². The lowest BCUT2D eigenvalue weighted by Crippen LogP contribution is -2.33. The summed E-state index contributed by atoms with van der Waals surface area (Å²) in [6, 6.07) is 31.0. The van der Waals surface area contributed by atoms with E-state index in [1.165, 1.54) is 62.5 Å². The van der Waals surface area contributed by atoms with Gasteiger partial charge in [-0.3, -0.25) is 4.79 Å². The van der Waals surface area contributed by atoms with Crippen LogP contribution < -0.4 is 0 Å². The molecule has 1 aromatic heterocycles. The molecule has 3 heteroatoms. The van der Waals surface area contributed by atoms with Gasteiger partial charge in [-0.15, -0.1) is 0 Å². The fourth-order valence-corrected chi connectivity index (χ4v) is 6.55. The van der Waals surface area contributed by atoms with Gasteiger partial charge in [0.1, 0.15) is 0 Å². The number of para-hydroxylation sites is 1. The quantitative estimate of drug-likeness (QED) is 0.245. The smallest absolute Gasteiger partial charge is 0.303 e. The average Bonchev–Trinajstić information content (AvgIpc) is 3.31. The van der Waals surface area contributed by atoms with Crippen LogP contribution in [0, 0.1) is 0 Å². The van der Waals surface area contributed by atoms with Crippen molar-refractivity contribution >= 4 is 27.6 Å². The highest BCUT2D eigenvalue weighted by Gasteiger charge is 2.37. The highest BCUT2D eigenvalue weighted by atomic mass is 16.4. The highest BCUT2D eigenvalue weighted by molar-refractivity contribution is 6.09. The van der Waals surface area contributed by atoms with E-state index >= 15 is 0 Å². The molecule has 5 aromatic rings. The Kier molecular flexibility index (Phi) is 6.14. The van der Waals surface area contributed by atoms with Crippen LogP contribution in [0.15, 0.2) is 84.9 Å². The Morgan fingerprint density at radius 2 is 1.51 bits per heavy atom. The molecule has 3 nitrogen and oxygen atoms in total. The number of aliphatic carboxylic acids is 1. The van der Waals surface area contributed by atoms with Crippen LogP contribution >= 0.6 is 0 Å². The van der Waals surface area contributed by atoms with Crippen molar-refractivity contribution in [3.63, 3.8) is 0 Å². The summed E-state index contributed by atoms with van der Waals surface area (Å²) in [7, 11) is 0. The molecule has 0 spiro atoms. The van der Waals surface area contributed by atoms with Gasteiger partial charge in [-0.1, -0.05) is 88.4 Å². The highest BCUT2D eigenvalue weighted by Crippen LogP contribution is 2.47. The number of carboxylic acid groups (broad SMARTS) is 1. The monoisotopic (exact) mass is 515 g/mol. The molecule has 0 radical (unpaired) electrons. The molecule has 0 saturated carbocycles. The van der Waals surface area contributed by atoms with E-state index in [9.17, 15) is 9.90 Å². The molecule has 0 amide bonds. The normalized spacial score (nSPS) is 15.9. The summed E-state index contributed by atoms with van der Waals surface area (Å²) in [4.78, 5) is 11.3. The molecule has 6 rings (SSSR count). The number of hydrogen-bond donors (Lipinski definition) is 1. The molecule has 0 atom stereocenters. The lowest BCUT2D eigenvalue weighted by Gasteiger charge is -2.42. The second kappa shape index (κ2) is 9.41. The zero-order valence-electron chi connectivity index (χ0n) is 23.4. The first-order valence-corrected chi connectivity index (χ1v) is 14.1. The summed E-state index contributed by atoms with van der Waals surface area (Å²) in [6.07, 6.45) is 3.89. The van der Waals surface area contributed by atoms with E-state index < -0.39 is 5.97 Å². The van der Waals surface area contributed by atoms with Gasteiger partial charge in [0.2, 0.25) is 0 Å². The van der Waals surface area contributed by atoms with Crippen LogP contribution in [0.5, 0.6) is 0 Å². The van der Waals surface area contributed by atoms with Crippen molar-refractivity contribution in [1.82, 2.24) is 4.57 Å². The fraction of sp³-hybridized carbons (Fsp3) is 0.306. The van der Waals surface area contributed by atoms with Crippen LogP contribution in [0.1, 0.15) is 70.1 Å². The molecule has 1 aliphatic rings. The SMILES string of the molecule is CC1(C)CCC(C)(C)c2cc(-c3cc4c5ccccc5ccc4n3-c3ccccc3CCCC(=O)O)ccc21. The zero-order valence-corrected chi connectivity index (χ0v) is 23.4. The van der Waals surface area contributed by atoms with Crippen molar-refractivity contribution in [2.75, 3.05) is 0 Å². The summed E-state index contributed by atoms with van der Waals surface area (Å²) in [5.41, 5.74) is 9.08. The molecule has 0 fully saturated rings. The number of rotatable bonds is 6. The standard InChI is InChI=1S/C36H37NO2/c1-35(2)20-21-36(3,4)30-22-26(16-18-29(30)35)33-23-28-27-13-7-5-10-24(27)17-19-32(28)37(33)31-14-8-6-11-25(31)12-9-15-34(38)39/h5-8,10-11,13-14,16-19,22-23H,9,12,15,20-21H2,1-4H3,(H,38,39). The minimum Gasteiger partial charge on any atom is -0.481 e. The first kappa shape index (κ1) is 25.4. The van der Waals surface area contributed by atoms with Crippen LogP contribution in [-0.2, 0) is 22.0 Å². The second-order valence-corrected chi connectivity index (χ2v) is 12.5. The molecule has 0 saturated heterocycles. The minimum atomic E-state index is -0.745. The van der Waals surface area contributed by atoms with Crippen LogP contribution in [0.3, 0.4) is 0 Å². The summed E-state index contributed by atoms with van der Waals surface area (Å²) in [6.45, 7) is 9.51. The first-order chi connectivity index (χ1) is 18.7. The molecule has 1 aliphatic carbocycles. The van der Waals surface area contributed by atoms with E-state index in [0.29, 0.717) is 6.42 Å². The van der Waals surface area contributed by atoms with Crippen LogP contribution in [0.4, 0.5) is 0 Å². The number of aromatic nitrogens is 1. The molecule has 0 unspecified atom stereocenters. The Hall–Kier alpha value is -3.85. The third kappa shape index (κ3) is 4.44. The topological polar surface area (TPSA) is 42.2 Å². The molecule has 198 valence electrons. The maximum absolute atomic E-state index is 11.3. The van der Waals surface area contributed by atoms with Crippen molar-refractivity contribution in [3.05, 3.63) is 102 Å². The minimum absolute atomic E-state index is 0.124. The van der Waals surface area contributed by atoms with Crippen molar-refractivity contribution in [3.8, 4) is 16.9 Å². The average molecular weight is 516 g/mol. The van der Waals surface area contributed by atoms with Gasteiger partial charge in [0, 0.05) is 17.5 Å². The summed E-state index contributed by atoms with van der Waals surface area (Å²) >= 11 is 0. The molecule has 39 heavy (non-hydrogen) atoms. The molecule has 1 N–H and O–H groups in total. The number of fused-ring (bicyclic) bond motifs is 4. The van der Waals surface area contributed by atoms with Crippen molar-refractivity contribution in [2.24, 2.45) is 0 Å². The van der Waals surface area contributed by atoms with Gasteiger partial charge in [-0.25, -0.2) is 0 Å². The van der Waals surface area contributed by atoms with Gasteiger partial charge < -0.3 is 9.67 Å². The first-order valence-electron chi connectivity index (χ1n) is 14.1. The second-order valence-electron chi connectivity index (χ2n) is 12.5. The Bertz CT molecular complexity index is 1720. The van der Waals surface area contributed by atoms with Gasteiger partial charge in [0.05, 0.1) is 11.2 Å². The molecular weight excluding hydrogens is 478 g/mol. The lowest BCUT2D eigenvalue weighted by molar-refractivity contribution is -0.137. The third-order valence-electron chi connectivity index (χ3n) is 8.93. The molecule has 4 aromatic carbocycles. The predicted octanol–water partition coefficient (Wildman–Crippen LogP) is 9.21. The molecular formula is C36H37NO2. The van der Waals surface area contributed by atoms with E-state index in [4.69, 9.17) is 0 Å². The fourth-order valence-electron chi connectivity index (χ4n) is 6.55. The van der Waals surface area contributed by atoms with E-state index in [-0.39, 0.29) is 17.3 Å². The van der Waals surface area contributed by atoms with Gasteiger partial charge in [0.25, 0.3) is 0 Å². The number of aryl methyl sites for hydroxylation is 1. The van der Waals surface area contributed by atoms with E-state index in [2.05, 4.69) is 117 Å². The maximum Gasteiger partial charge on any atom is 0.303 e. The number of carbonyl (C=O) groups is 1. The molecule has 0 aliphatic heterocycles.